The van der Waals surface area contributed by atoms with Crippen LogP contribution in [0.4, 0.5) is 0 Å². The molecule has 118 valence electrons. The standard InChI is InChI=1S/C13H23N5O2S/c1-9-13(10(2)17(3)16-9)21(19,20)18(8-12(14)15)11-6-4-5-7-11/h11H,4-8H2,1-3H3,(H3,14,15). The van der Waals surface area contributed by atoms with Gasteiger partial charge in [0.2, 0.25) is 10.0 Å². The minimum absolute atomic E-state index is 0.0548. The zero-order valence-corrected chi connectivity index (χ0v) is 13.6. The number of sulfonamides is 1. The number of nitrogens with one attached hydrogen (secondary N) is 1. The van der Waals surface area contributed by atoms with Crippen molar-refractivity contribution >= 4 is 15.9 Å². The Hall–Kier alpha value is -1.41. The fourth-order valence-corrected chi connectivity index (χ4v) is 5.08. The van der Waals surface area contributed by atoms with Crippen molar-refractivity contribution in [3.05, 3.63) is 11.4 Å². The van der Waals surface area contributed by atoms with Gasteiger partial charge in [0.15, 0.2) is 0 Å². The third kappa shape index (κ3) is 2.96. The van der Waals surface area contributed by atoms with Crippen LogP contribution >= 0.6 is 0 Å². The third-order valence-corrected chi connectivity index (χ3v) is 6.22. The molecule has 1 heterocycles. The first-order chi connectivity index (χ1) is 9.75. The Kier molecular flexibility index (Phi) is 4.38. The Morgan fingerprint density at radius 3 is 2.43 bits per heavy atom. The molecule has 0 bridgehead atoms. The molecule has 0 aliphatic heterocycles. The van der Waals surface area contributed by atoms with Crippen molar-refractivity contribution in [1.82, 2.24) is 14.1 Å². The largest absolute Gasteiger partial charge is 0.387 e. The molecule has 1 aromatic heterocycles. The van der Waals surface area contributed by atoms with Crippen LogP contribution in [0.15, 0.2) is 4.90 Å². The predicted molar refractivity (Wildman–Crippen MR) is 80.7 cm³/mol. The van der Waals surface area contributed by atoms with Crippen LogP contribution in [-0.4, -0.2) is 40.9 Å². The quantitative estimate of drug-likeness (QED) is 0.622. The molecule has 7 nitrogen and oxygen atoms in total. The number of amidine groups is 1. The van der Waals surface area contributed by atoms with Crippen LogP contribution < -0.4 is 5.73 Å². The van der Waals surface area contributed by atoms with Gasteiger partial charge in [-0.3, -0.25) is 10.1 Å². The summed E-state index contributed by atoms with van der Waals surface area (Å²) in [6.07, 6.45) is 3.68. The van der Waals surface area contributed by atoms with E-state index in [1.54, 1.807) is 25.6 Å². The number of rotatable bonds is 5. The summed E-state index contributed by atoms with van der Waals surface area (Å²) in [5.41, 5.74) is 6.57. The first-order valence-electron chi connectivity index (χ1n) is 7.10. The Balaban J connectivity index is 2.48. The van der Waals surface area contributed by atoms with Gasteiger partial charge in [-0.1, -0.05) is 12.8 Å². The van der Waals surface area contributed by atoms with Gasteiger partial charge in [-0.15, -0.1) is 0 Å². The highest BCUT2D eigenvalue weighted by atomic mass is 32.2. The summed E-state index contributed by atoms with van der Waals surface area (Å²) >= 11 is 0. The topological polar surface area (TPSA) is 105 Å². The summed E-state index contributed by atoms with van der Waals surface area (Å²) in [5.74, 6) is -0.135. The van der Waals surface area contributed by atoms with Crippen LogP contribution in [0, 0.1) is 19.3 Å². The summed E-state index contributed by atoms with van der Waals surface area (Å²) in [6, 6.07) is -0.0714. The second-order valence-electron chi connectivity index (χ2n) is 5.64. The highest BCUT2D eigenvalue weighted by Gasteiger charge is 2.36. The molecule has 2 rings (SSSR count). The van der Waals surface area contributed by atoms with Crippen molar-refractivity contribution in [1.29, 1.82) is 5.41 Å². The highest BCUT2D eigenvalue weighted by Crippen LogP contribution is 2.30. The molecule has 0 unspecified atom stereocenters. The molecule has 3 N–H and O–H groups in total. The molecule has 0 saturated heterocycles. The molecule has 1 saturated carbocycles. The lowest BCUT2D eigenvalue weighted by Gasteiger charge is -2.27. The van der Waals surface area contributed by atoms with Gasteiger partial charge in [-0.05, 0) is 26.7 Å². The van der Waals surface area contributed by atoms with Crippen LogP contribution in [0.1, 0.15) is 37.1 Å². The van der Waals surface area contributed by atoms with Crippen LogP contribution in [0.2, 0.25) is 0 Å². The lowest BCUT2D eigenvalue weighted by molar-refractivity contribution is 0.353. The molecule has 0 radical (unpaired) electrons. The van der Waals surface area contributed by atoms with E-state index in [0.717, 1.165) is 25.7 Å². The van der Waals surface area contributed by atoms with Gasteiger partial charge in [0.25, 0.3) is 0 Å². The van der Waals surface area contributed by atoms with Crippen molar-refractivity contribution in [3.63, 3.8) is 0 Å². The molecule has 0 spiro atoms. The maximum atomic E-state index is 13.0. The lowest BCUT2D eigenvalue weighted by Crippen LogP contribution is -2.44. The molecule has 1 aliphatic rings. The molecule has 0 atom stereocenters. The number of aromatic nitrogens is 2. The second-order valence-corrected chi connectivity index (χ2v) is 7.46. The van der Waals surface area contributed by atoms with Gasteiger partial charge in [-0.2, -0.15) is 9.40 Å². The summed E-state index contributed by atoms with van der Waals surface area (Å²) in [6.45, 7) is 3.38. The van der Waals surface area contributed by atoms with E-state index in [2.05, 4.69) is 5.10 Å². The number of nitrogens with two attached hydrogens (primary N) is 1. The van der Waals surface area contributed by atoms with E-state index < -0.39 is 10.0 Å². The zero-order valence-electron chi connectivity index (χ0n) is 12.8. The fraction of sp³-hybridized carbons (Fsp3) is 0.692. The summed E-state index contributed by atoms with van der Waals surface area (Å²) in [7, 11) is -1.96. The number of aryl methyl sites for hydroxylation is 2. The molecule has 0 aromatic carbocycles. The Labute approximate surface area is 125 Å². The Morgan fingerprint density at radius 1 is 1.43 bits per heavy atom. The highest BCUT2D eigenvalue weighted by molar-refractivity contribution is 7.89. The minimum atomic E-state index is -3.69. The van der Waals surface area contributed by atoms with Crippen LogP contribution in [0.25, 0.3) is 0 Å². The van der Waals surface area contributed by atoms with Gasteiger partial charge in [0, 0.05) is 13.1 Å². The minimum Gasteiger partial charge on any atom is -0.387 e. The van der Waals surface area contributed by atoms with Gasteiger partial charge >= 0.3 is 0 Å². The maximum Gasteiger partial charge on any atom is 0.247 e. The average molecular weight is 313 g/mol. The van der Waals surface area contributed by atoms with Crippen molar-refractivity contribution in [2.24, 2.45) is 12.8 Å². The number of nitrogens with zero attached hydrogens (tertiary/aromatic N) is 3. The van der Waals surface area contributed by atoms with Crippen LogP contribution in [0.5, 0.6) is 0 Å². The van der Waals surface area contributed by atoms with Gasteiger partial charge in [0.05, 0.1) is 17.9 Å². The fourth-order valence-electron chi connectivity index (χ4n) is 3.02. The SMILES string of the molecule is Cc1nn(C)c(C)c1S(=O)(=O)N(CC(=N)N)C1CCCC1. The first kappa shape index (κ1) is 16.0. The van der Waals surface area contributed by atoms with Crippen LogP contribution in [-0.2, 0) is 17.1 Å². The molecular weight excluding hydrogens is 290 g/mol. The van der Waals surface area contributed by atoms with E-state index in [0.29, 0.717) is 11.4 Å². The van der Waals surface area contributed by atoms with Gasteiger partial charge < -0.3 is 5.73 Å². The van der Waals surface area contributed by atoms with E-state index >= 15 is 0 Å². The molecule has 8 heteroatoms. The number of hydrogen-bond acceptors (Lipinski definition) is 4. The van der Waals surface area contributed by atoms with Crippen molar-refractivity contribution < 1.29 is 8.42 Å². The molecule has 1 fully saturated rings. The number of hydrogen-bond donors (Lipinski definition) is 2. The normalized spacial score (nSPS) is 16.8. The Bertz CT molecular complexity index is 644. The molecular formula is C13H23N5O2S. The summed E-state index contributed by atoms with van der Waals surface area (Å²) < 4.78 is 29.0. The van der Waals surface area contributed by atoms with Gasteiger partial charge in [0.1, 0.15) is 10.7 Å². The molecule has 1 aliphatic carbocycles. The van der Waals surface area contributed by atoms with E-state index in [1.165, 1.54) is 4.31 Å². The van der Waals surface area contributed by atoms with E-state index in [-0.39, 0.29) is 23.3 Å². The smallest absolute Gasteiger partial charge is 0.247 e. The lowest BCUT2D eigenvalue weighted by atomic mass is 10.2. The maximum absolute atomic E-state index is 13.0. The van der Waals surface area contributed by atoms with Crippen molar-refractivity contribution in [2.75, 3.05) is 6.54 Å². The van der Waals surface area contributed by atoms with E-state index in [9.17, 15) is 8.42 Å². The monoisotopic (exact) mass is 313 g/mol. The molecule has 1 aromatic rings. The molecule has 21 heavy (non-hydrogen) atoms. The average Bonchev–Trinajstić information content (AvgIpc) is 2.95. The van der Waals surface area contributed by atoms with E-state index in [4.69, 9.17) is 11.1 Å². The summed E-state index contributed by atoms with van der Waals surface area (Å²) in [4.78, 5) is 0.248. The van der Waals surface area contributed by atoms with Crippen molar-refractivity contribution in [3.8, 4) is 0 Å². The second kappa shape index (κ2) is 5.76. The Morgan fingerprint density at radius 2 is 2.00 bits per heavy atom. The zero-order chi connectivity index (χ0) is 15.8. The van der Waals surface area contributed by atoms with E-state index in [1.807, 2.05) is 0 Å². The molecule has 0 amide bonds. The first-order valence-corrected chi connectivity index (χ1v) is 8.54. The third-order valence-electron chi connectivity index (χ3n) is 4.07. The van der Waals surface area contributed by atoms with Gasteiger partial charge in [-0.25, -0.2) is 8.42 Å². The summed E-state index contributed by atoms with van der Waals surface area (Å²) in [5, 5.41) is 11.7. The van der Waals surface area contributed by atoms with Crippen molar-refractivity contribution in [2.45, 2.75) is 50.5 Å². The predicted octanol–water partition coefficient (Wildman–Crippen LogP) is 0.906. The van der Waals surface area contributed by atoms with Crippen LogP contribution in [0.3, 0.4) is 0 Å².